The molecule has 0 N–H and O–H groups in total. The lowest BCUT2D eigenvalue weighted by Crippen LogP contribution is -2.06. The Morgan fingerprint density at radius 3 is 2.63 bits per heavy atom. The molecule has 2 aromatic carbocycles. The minimum atomic E-state index is -0.686. The highest BCUT2D eigenvalue weighted by molar-refractivity contribution is 5.90. The average Bonchev–Trinajstić information content (AvgIpc) is 3.12. The summed E-state index contributed by atoms with van der Waals surface area (Å²) in [5, 5.41) is 11.2. The fourth-order valence-electron chi connectivity index (χ4n) is 2.40. The molecule has 0 spiro atoms. The van der Waals surface area contributed by atoms with E-state index in [-0.39, 0.29) is 23.8 Å². The zero-order chi connectivity index (χ0) is 19.2. The Hall–Kier alpha value is -3.55. The molecule has 0 bridgehead atoms. The van der Waals surface area contributed by atoms with E-state index in [9.17, 15) is 14.9 Å². The Bertz CT molecular complexity index is 892. The summed E-state index contributed by atoms with van der Waals surface area (Å²) in [4.78, 5) is 22.8. The van der Waals surface area contributed by atoms with Gasteiger partial charge in [0, 0.05) is 6.08 Å². The zero-order valence-electron chi connectivity index (χ0n) is 14.5. The van der Waals surface area contributed by atoms with Crippen LogP contribution in [0.25, 0.3) is 6.08 Å². The summed E-state index contributed by atoms with van der Waals surface area (Å²) in [6, 6.07) is 9.51. The summed E-state index contributed by atoms with van der Waals surface area (Å²) < 4.78 is 21.2. The Labute approximate surface area is 155 Å². The number of nitro groups is 1. The molecule has 0 atom stereocenters. The van der Waals surface area contributed by atoms with Gasteiger partial charge in [0.1, 0.15) is 0 Å². The molecule has 0 saturated heterocycles. The monoisotopic (exact) mass is 371 g/mol. The Kier molecular flexibility index (Phi) is 5.55. The number of para-hydroxylation sites is 2. The van der Waals surface area contributed by atoms with Gasteiger partial charge in [-0.1, -0.05) is 19.1 Å². The SMILES string of the molecule is CCCOc1ccccc1OC(=O)/C=C/c1cc2c(cc1[N+](=O)[O-])OCO2. The van der Waals surface area contributed by atoms with E-state index < -0.39 is 10.9 Å². The van der Waals surface area contributed by atoms with Crippen LogP contribution in [0.4, 0.5) is 5.69 Å². The molecule has 27 heavy (non-hydrogen) atoms. The molecule has 0 aromatic heterocycles. The molecule has 1 aliphatic heterocycles. The number of hydrogen-bond acceptors (Lipinski definition) is 7. The van der Waals surface area contributed by atoms with E-state index in [2.05, 4.69) is 0 Å². The summed E-state index contributed by atoms with van der Waals surface area (Å²) in [7, 11) is 0. The predicted molar refractivity (Wildman–Crippen MR) is 96.1 cm³/mol. The van der Waals surface area contributed by atoms with E-state index in [1.54, 1.807) is 24.3 Å². The van der Waals surface area contributed by atoms with Crippen molar-refractivity contribution in [3.63, 3.8) is 0 Å². The van der Waals surface area contributed by atoms with Crippen molar-refractivity contribution in [2.45, 2.75) is 13.3 Å². The predicted octanol–water partition coefficient (Wildman–Crippen LogP) is 3.73. The van der Waals surface area contributed by atoms with Gasteiger partial charge in [-0.05, 0) is 30.7 Å². The maximum Gasteiger partial charge on any atom is 0.336 e. The van der Waals surface area contributed by atoms with Gasteiger partial charge in [0.25, 0.3) is 5.69 Å². The number of ether oxygens (including phenoxy) is 4. The minimum Gasteiger partial charge on any atom is -0.490 e. The molecule has 0 radical (unpaired) electrons. The molecular weight excluding hydrogens is 354 g/mol. The molecule has 140 valence electrons. The van der Waals surface area contributed by atoms with Gasteiger partial charge in [-0.25, -0.2) is 4.79 Å². The van der Waals surface area contributed by atoms with Crippen molar-refractivity contribution < 1.29 is 28.7 Å². The summed E-state index contributed by atoms with van der Waals surface area (Å²) >= 11 is 0. The van der Waals surface area contributed by atoms with Gasteiger partial charge in [0.2, 0.25) is 6.79 Å². The zero-order valence-corrected chi connectivity index (χ0v) is 14.5. The van der Waals surface area contributed by atoms with Crippen LogP contribution in [0, 0.1) is 10.1 Å². The van der Waals surface area contributed by atoms with Crippen LogP contribution in [0.1, 0.15) is 18.9 Å². The molecular formula is C19H17NO7. The smallest absolute Gasteiger partial charge is 0.336 e. The maximum atomic E-state index is 12.1. The first-order chi connectivity index (χ1) is 13.1. The lowest BCUT2D eigenvalue weighted by Gasteiger charge is -2.09. The molecule has 0 amide bonds. The van der Waals surface area contributed by atoms with Gasteiger partial charge in [-0.3, -0.25) is 10.1 Å². The fourth-order valence-corrected chi connectivity index (χ4v) is 2.40. The largest absolute Gasteiger partial charge is 0.490 e. The number of benzene rings is 2. The third-order valence-electron chi connectivity index (χ3n) is 3.64. The van der Waals surface area contributed by atoms with Crippen LogP contribution >= 0.6 is 0 Å². The number of nitrogens with zero attached hydrogens (tertiary/aromatic N) is 1. The molecule has 1 aliphatic rings. The minimum absolute atomic E-state index is 0.00373. The molecule has 8 heteroatoms. The number of carbonyl (C=O) groups is 1. The van der Waals surface area contributed by atoms with Gasteiger partial charge < -0.3 is 18.9 Å². The summed E-state index contributed by atoms with van der Waals surface area (Å²) in [6.45, 7) is 2.46. The first-order valence-corrected chi connectivity index (χ1v) is 8.28. The van der Waals surface area contributed by atoms with Crippen molar-refractivity contribution in [1.29, 1.82) is 0 Å². The topological polar surface area (TPSA) is 97.1 Å². The fraction of sp³-hybridized carbons (Fsp3) is 0.211. The van der Waals surface area contributed by atoms with Crippen LogP contribution < -0.4 is 18.9 Å². The quantitative estimate of drug-likeness (QED) is 0.240. The van der Waals surface area contributed by atoms with Gasteiger partial charge in [0.05, 0.1) is 23.2 Å². The van der Waals surface area contributed by atoms with Crippen molar-refractivity contribution >= 4 is 17.7 Å². The van der Waals surface area contributed by atoms with Crippen LogP contribution in [-0.2, 0) is 4.79 Å². The highest BCUT2D eigenvalue weighted by Gasteiger charge is 2.22. The van der Waals surface area contributed by atoms with Gasteiger partial charge in [-0.2, -0.15) is 0 Å². The standard InChI is InChI=1S/C19H17NO7/c1-2-9-24-15-5-3-4-6-16(15)27-19(21)8-7-13-10-17-18(26-12-25-17)11-14(13)20(22)23/h3-8,10-11H,2,9,12H2,1H3/b8-7+. The van der Waals surface area contributed by atoms with Crippen molar-refractivity contribution in [3.8, 4) is 23.0 Å². The molecule has 0 saturated carbocycles. The molecule has 1 heterocycles. The molecule has 0 aliphatic carbocycles. The highest BCUT2D eigenvalue weighted by atomic mass is 16.7. The third-order valence-corrected chi connectivity index (χ3v) is 3.64. The van der Waals surface area contributed by atoms with Crippen molar-refractivity contribution in [3.05, 3.63) is 58.2 Å². The summed E-state index contributed by atoms with van der Waals surface area (Å²) in [5.41, 5.74) is 0.00620. The number of esters is 1. The summed E-state index contributed by atoms with van der Waals surface area (Å²) in [6.07, 6.45) is 3.23. The van der Waals surface area contributed by atoms with E-state index in [1.807, 2.05) is 6.92 Å². The second-order valence-corrected chi connectivity index (χ2v) is 5.57. The van der Waals surface area contributed by atoms with Crippen LogP contribution in [-0.4, -0.2) is 24.3 Å². The number of carbonyl (C=O) groups excluding carboxylic acids is 1. The van der Waals surface area contributed by atoms with E-state index in [1.165, 1.54) is 18.2 Å². The van der Waals surface area contributed by atoms with Crippen LogP contribution in [0.3, 0.4) is 0 Å². The maximum absolute atomic E-state index is 12.1. The third kappa shape index (κ3) is 4.35. The molecule has 0 unspecified atom stereocenters. The second-order valence-electron chi connectivity index (χ2n) is 5.57. The highest BCUT2D eigenvalue weighted by Crippen LogP contribution is 2.38. The lowest BCUT2D eigenvalue weighted by molar-refractivity contribution is -0.385. The van der Waals surface area contributed by atoms with Gasteiger partial charge in [-0.15, -0.1) is 0 Å². The number of fused-ring (bicyclic) bond motifs is 1. The van der Waals surface area contributed by atoms with E-state index >= 15 is 0 Å². The van der Waals surface area contributed by atoms with Crippen molar-refractivity contribution in [1.82, 2.24) is 0 Å². The normalized spacial score (nSPS) is 12.2. The van der Waals surface area contributed by atoms with Crippen molar-refractivity contribution in [2.24, 2.45) is 0 Å². The molecule has 2 aromatic rings. The summed E-state index contributed by atoms with van der Waals surface area (Å²) in [5.74, 6) is 0.723. The first-order valence-electron chi connectivity index (χ1n) is 8.28. The number of nitro benzene ring substituents is 1. The van der Waals surface area contributed by atoms with E-state index in [4.69, 9.17) is 18.9 Å². The second kappa shape index (κ2) is 8.22. The van der Waals surface area contributed by atoms with Crippen LogP contribution in [0.2, 0.25) is 0 Å². The Morgan fingerprint density at radius 2 is 1.93 bits per heavy atom. The first kappa shape index (κ1) is 18.2. The molecule has 3 rings (SSSR count). The van der Waals surface area contributed by atoms with Gasteiger partial charge >= 0.3 is 5.97 Å². The van der Waals surface area contributed by atoms with E-state index in [0.29, 0.717) is 23.9 Å². The average molecular weight is 371 g/mol. The lowest BCUT2D eigenvalue weighted by atomic mass is 10.1. The van der Waals surface area contributed by atoms with Crippen LogP contribution in [0.15, 0.2) is 42.5 Å². The number of hydrogen-bond donors (Lipinski definition) is 0. The van der Waals surface area contributed by atoms with Gasteiger partial charge in [0.15, 0.2) is 23.0 Å². The van der Waals surface area contributed by atoms with E-state index in [0.717, 1.165) is 12.5 Å². The van der Waals surface area contributed by atoms with Crippen molar-refractivity contribution in [2.75, 3.05) is 13.4 Å². The molecule has 0 fully saturated rings. The Morgan fingerprint density at radius 1 is 1.22 bits per heavy atom. The molecule has 8 nitrogen and oxygen atoms in total. The number of rotatable bonds is 7. The van der Waals surface area contributed by atoms with Crippen LogP contribution in [0.5, 0.6) is 23.0 Å². The Balaban J connectivity index is 1.77.